The molecule has 0 unspecified atom stereocenters. The van der Waals surface area contributed by atoms with Gasteiger partial charge in [-0.05, 0) is 30.4 Å². The summed E-state index contributed by atoms with van der Waals surface area (Å²) in [5, 5.41) is 1.15. The van der Waals surface area contributed by atoms with Gasteiger partial charge in [0, 0.05) is 4.70 Å². The maximum Gasteiger partial charge on any atom is 0.348 e. The monoisotopic (exact) mass is 234 g/mol. The highest BCUT2D eigenvalue weighted by Gasteiger charge is 2.15. The fourth-order valence-corrected chi connectivity index (χ4v) is 2.73. The van der Waals surface area contributed by atoms with E-state index in [0.29, 0.717) is 6.61 Å². The van der Waals surface area contributed by atoms with Crippen LogP contribution in [0.2, 0.25) is 0 Å². The molecule has 1 aromatic heterocycles. The second-order valence-corrected chi connectivity index (χ2v) is 4.74. The minimum atomic E-state index is -0.194. The first-order chi connectivity index (χ1) is 7.74. The van der Waals surface area contributed by atoms with Crippen molar-refractivity contribution in [1.29, 1.82) is 0 Å². The third-order valence-corrected chi connectivity index (χ3v) is 3.72. The molecular formula is C13H14O2S. The lowest BCUT2D eigenvalue weighted by Crippen LogP contribution is -2.04. The number of carbonyl (C=O) groups excluding carboxylic acids is 1. The fraction of sp³-hybridized carbons (Fsp3) is 0.308. The number of aryl methyl sites for hydroxylation is 1. The van der Waals surface area contributed by atoms with Crippen LogP contribution in [-0.4, -0.2) is 12.6 Å². The van der Waals surface area contributed by atoms with E-state index in [9.17, 15) is 4.79 Å². The van der Waals surface area contributed by atoms with Crippen molar-refractivity contribution in [3.8, 4) is 0 Å². The van der Waals surface area contributed by atoms with Gasteiger partial charge in [0.05, 0.1) is 6.61 Å². The smallest absolute Gasteiger partial charge is 0.348 e. The highest BCUT2D eigenvalue weighted by molar-refractivity contribution is 7.21. The van der Waals surface area contributed by atoms with E-state index in [-0.39, 0.29) is 5.97 Å². The zero-order valence-corrected chi connectivity index (χ0v) is 10.3. The van der Waals surface area contributed by atoms with Gasteiger partial charge in [-0.1, -0.05) is 25.1 Å². The zero-order chi connectivity index (χ0) is 11.5. The molecule has 84 valence electrons. The molecule has 1 aromatic carbocycles. The highest BCUT2D eigenvalue weighted by atomic mass is 32.1. The summed E-state index contributed by atoms with van der Waals surface area (Å²) < 4.78 is 6.30. The van der Waals surface area contributed by atoms with Gasteiger partial charge in [0.1, 0.15) is 4.88 Å². The average Bonchev–Trinajstić information content (AvgIpc) is 2.64. The zero-order valence-electron chi connectivity index (χ0n) is 9.45. The van der Waals surface area contributed by atoms with Crippen LogP contribution < -0.4 is 0 Å². The molecule has 1 heterocycles. The standard InChI is InChI=1S/C13H14O2S/c1-3-8-15-13(14)12-9(2)10-6-4-5-7-11(10)16-12/h4-7H,3,8H2,1-2H3. The highest BCUT2D eigenvalue weighted by Crippen LogP contribution is 2.30. The molecule has 0 aliphatic heterocycles. The van der Waals surface area contributed by atoms with E-state index in [1.807, 2.05) is 38.1 Å². The molecule has 0 bridgehead atoms. The van der Waals surface area contributed by atoms with Crippen molar-refractivity contribution < 1.29 is 9.53 Å². The summed E-state index contributed by atoms with van der Waals surface area (Å²) in [6.45, 7) is 4.46. The Labute approximate surface area is 98.9 Å². The Morgan fingerprint density at radius 3 is 2.81 bits per heavy atom. The van der Waals surface area contributed by atoms with E-state index in [1.54, 1.807) is 0 Å². The van der Waals surface area contributed by atoms with Crippen molar-refractivity contribution in [3.05, 3.63) is 34.7 Å². The number of rotatable bonds is 3. The quantitative estimate of drug-likeness (QED) is 0.755. The molecular weight excluding hydrogens is 220 g/mol. The molecule has 0 saturated carbocycles. The van der Waals surface area contributed by atoms with Crippen LogP contribution in [0, 0.1) is 6.92 Å². The molecule has 0 amide bonds. The van der Waals surface area contributed by atoms with Gasteiger partial charge in [-0.25, -0.2) is 4.79 Å². The van der Waals surface area contributed by atoms with Crippen LogP contribution in [0.3, 0.4) is 0 Å². The summed E-state index contributed by atoms with van der Waals surface area (Å²) in [5.74, 6) is -0.194. The third kappa shape index (κ3) is 1.95. The Kier molecular flexibility index (Phi) is 3.25. The fourth-order valence-electron chi connectivity index (χ4n) is 1.63. The molecule has 0 aliphatic rings. The van der Waals surface area contributed by atoms with Crippen LogP contribution in [0.1, 0.15) is 28.6 Å². The number of carbonyl (C=O) groups is 1. The molecule has 2 aromatic rings. The van der Waals surface area contributed by atoms with Crippen LogP contribution in [0.25, 0.3) is 10.1 Å². The molecule has 0 N–H and O–H groups in total. The molecule has 0 aliphatic carbocycles. The van der Waals surface area contributed by atoms with Crippen molar-refractivity contribution in [2.24, 2.45) is 0 Å². The number of hydrogen-bond acceptors (Lipinski definition) is 3. The topological polar surface area (TPSA) is 26.3 Å². The van der Waals surface area contributed by atoms with Gasteiger partial charge >= 0.3 is 5.97 Å². The van der Waals surface area contributed by atoms with E-state index < -0.39 is 0 Å². The van der Waals surface area contributed by atoms with Crippen LogP contribution in [0.4, 0.5) is 0 Å². The predicted molar refractivity (Wildman–Crippen MR) is 67.1 cm³/mol. The van der Waals surface area contributed by atoms with E-state index in [2.05, 4.69) is 0 Å². The van der Waals surface area contributed by atoms with Gasteiger partial charge in [-0.2, -0.15) is 0 Å². The summed E-state index contributed by atoms with van der Waals surface area (Å²) in [6, 6.07) is 8.05. The lowest BCUT2D eigenvalue weighted by Gasteiger charge is -2.01. The average molecular weight is 234 g/mol. The number of ether oxygens (including phenoxy) is 1. The second kappa shape index (κ2) is 4.66. The first kappa shape index (κ1) is 11.1. The number of fused-ring (bicyclic) bond motifs is 1. The largest absolute Gasteiger partial charge is 0.462 e. The number of benzene rings is 1. The number of hydrogen-bond donors (Lipinski definition) is 0. The molecule has 3 heteroatoms. The Morgan fingerprint density at radius 2 is 2.12 bits per heavy atom. The lowest BCUT2D eigenvalue weighted by atomic mass is 10.1. The maximum absolute atomic E-state index is 11.8. The van der Waals surface area contributed by atoms with Crippen LogP contribution in [0.5, 0.6) is 0 Å². The molecule has 2 nitrogen and oxygen atoms in total. The van der Waals surface area contributed by atoms with Crippen molar-refractivity contribution in [3.63, 3.8) is 0 Å². The summed E-state index contributed by atoms with van der Waals surface area (Å²) >= 11 is 1.51. The number of esters is 1. The van der Waals surface area contributed by atoms with Crippen LogP contribution in [0.15, 0.2) is 24.3 Å². The third-order valence-electron chi connectivity index (χ3n) is 2.47. The van der Waals surface area contributed by atoms with Crippen molar-refractivity contribution in [2.75, 3.05) is 6.61 Å². The van der Waals surface area contributed by atoms with Gasteiger partial charge in [-0.15, -0.1) is 11.3 Å². The van der Waals surface area contributed by atoms with E-state index >= 15 is 0 Å². The predicted octanol–water partition coefficient (Wildman–Crippen LogP) is 3.78. The summed E-state index contributed by atoms with van der Waals surface area (Å²) in [7, 11) is 0. The molecule has 0 fully saturated rings. The Morgan fingerprint density at radius 1 is 1.38 bits per heavy atom. The second-order valence-electron chi connectivity index (χ2n) is 3.69. The molecule has 0 atom stereocenters. The van der Waals surface area contributed by atoms with Crippen molar-refractivity contribution >= 4 is 27.4 Å². The van der Waals surface area contributed by atoms with Crippen LogP contribution >= 0.6 is 11.3 Å². The van der Waals surface area contributed by atoms with E-state index in [4.69, 9.17) is 4.74 Å². The molecule has 16 heavy (non-hydrogen) atoms. The van der Waals surface area contributed by atoms with Crippen molar-refractivity contribution in [2.45, 2.75) is 20.3 Å². The minimum Gasteiger partial charge on any atom is -0.462 e. The molecule has 0 saturated heterocycles. The molecule has 0 spiro atoms. The summed E-state index contributed by atoms with van der Waals surface area (Å²) in [4.78, 5) is 12.5. The number of thiophene rings is 1. The summed E-state index contributed by atoms with van der Waals surface area (Å²) in [5.41, 5.74) is 1.03. The summed E-state index contributed by atoms with van der Waals surface area (Å²) in [6.07, 6.45) is 0.857. The van der Waals surface area contributed by atoms with Gasteiger partial charge < -0.3 is 4.74 Å². The Hall–Kier alpha value is -1.35. The van der Waals surface area contributed by atoms with Crippen molar-refractivity contribution in [1.82, 2.24) is 0 Å². The Balaban J connectivity index is 2.37. The van der Waals surface area contributed by atoms with Gasteiger partial charge in [0.25, 0.3) is 0 Å². The lowest BCUT2D eigenvalue weighted by molar-refractivity contribution is 0.0510. The minimum absolute atomic E-state index is 0.194. The van der Waals surface area contributed by atoms with Gasteiger partial charge in [-0.3, -0.25) is 0 Å². The first-order valence-corrected chi connectivity index (χ1v) is 6.21. The Bertz CT molecular complexity index is 514. The molecule has 2 rings (SSSR count). The van der Waals surface area contributed by atoms with E-state index in [0.717, 1.165) is 26.9 Å². The first-order valence-electron chi connectivity index (χ1n) is 5.39. The van der Waals surface area contributed by atoms with Crippen LogP contribution in [-0.2, 0) is 4.74 Å². The molecule has 0 radical (unpaired) electrons. The normalized spacial score (nSPS) is 10.6. The SMILES string of the molecule is CCCOC(=O)c1sc2ccccc2c1C. The van der Waals surface area contributed by atoms with E-state index in [1.165, 1.54) is 11.3 Å². The maximum atomic E-state index is 11.8. The van der Waals surface area contributed by atoms with Gasteiger partial charge in [0.15, 0.2) is 0 Å². The van der Waals surface area contributed by atoms with Gasteiger partial charge in [0.2, 0.25) is 0 Å².